The normalized spacial score (nSPS) is 21.5. The van der Waals surface area contributed by atoms with Gasteiger partial charge in [0.1, 0.15) is 22.9 Å². The van der Waals surface area contributed by atoms with Crippen LogP contribution in [0.3, 0.4) is 0 Å². The van der Waals surface area contributed by atoms with Gasteiger partial charge < -0.3 is 9.72 Å². The Morgan fingerprint density at radius 2 is 1.91 bits per heavy atom. The molecule has 10 heteroatoms. The number of hydrogen-bond donors (Lipinski definition) is 1. The van der Waals surface area contributed by atoms with Gasteiger partial charge in [0.25, 0.3) is 0 Å². The van der Waals surface area contributed by atoms with Crippen LogP contribution in [-0.2, 0) is 4.74 Å². The molecule has 1 fully saturated rings. The van der Waals surface area contributed by atoms with Gasteiger partial charge in [-0.15, -0.1) is 0 Å². The average Bonchev–Trinajstić information content (AvgIpc) is 3.27. The molecule has 0 spiro atoms. The van der Waals surface area contributed by atoms with Crippen molar-refractivity contribution in [3.8, 4) is 11.5 Å². The molecule has 1 amide bonds. The highest BCUT2D eigenvalue weighted by Gasteiger charge is 2.57. The van der Waals surface area contributed by atoms with Crippen molar-refractivity contribution in [2.24, 2.45) is 0 Å². The van der Waals surface area contributed by atoms with Crippen LogP contribution in [0.2, 0.25) is 0 Å². The second-order valence-corrected chi connectivity index (χ2v) is 9.67. The van der Waals surface area contributed by atoms with E-state index in [1.807, 2.05) is 0 Å². The Morgan fingerprint density at radius 3 is 2.48 bits per heavy atom. The third-order valence-corrected chi connectivity index (χ3v) is 6.16. The lowest BCUT2D eigenvalue weighted by atomic mass is 9.77. The predicted molar refractivity (Wildman–Crippen MR) is 116 cm³/mol. The number of H-pyrrole nitrogens is 1. The van der Waals surface area contributed by atoms with E-state index in [2.05, 4.69) is 10.1 Å². The van der Waals surface area contributed by atoms with E-state index in [4.69, 9.17) is 4.74 Å². The van der Waals surface area contributed by atoms with Crippen LogP contribution in [0.15, 0.2) is 29.3 Å². The maximum absolute atomic E-state index is 15.6. The highest BCUT2D eigenvalue weighted by molar-refractivity contribution is 5.72. The van der Waals surface area contributed by atoms with Crippen molar-refractivity contribution in [1.29, 1.82) is 0 Å². The minimum Gasteiger partial charge on any atom is -0.444 e. The van der Waals surface area contributed by atoms with Crippen LogP contribution in [0.4, 0.5) is 13.6 Å². The number of hydrogen-bond acceptors (Lipinski definition) is 4. The number of halogens is 2. The molecule has 1 saturated heterocycles. The van der Waals surface area contributed by atoms with Crippen LogP contribution < -0.4 is 5.69 Å². The summed E-state index contributed by atoms with van der Waals surface area (Å²) in [6, 6.07) is 2.03. The lowest BCUT2D eigenvalue weighted by Gasteiger charge is -2.52. The zero-order valence-corrected chi connectivity index (χ0v) is 19.0. The smallest absolute Gasteiger partial charge is 0.411 e. The van der Waals surface area contributed by atoms with Gasteiger partial charge in [-0.05, 0) is 64.3 Å². The number of nitrogens with zero attached hydrogens (tertiary/aromatic N) is 4. The van der Waals surface area contributed by atoms with Crippen molar-refractivity contribution in [3.63, 3.8) is 0 Å². The number of benzene rings is 1. The Balaban J connectivity index is 1.71. The lowest BCUT2D eigenvalue weighted by Crippen LogP contribution is -2.59. The molecule has 4 heterocycles. The van der Waals surface area contributed by atoms with E-state index in [0.29, 0.717) is 34.6 Å². The standard InChI is InChI=1S/C23H25F2N5O3/c1-11-8-13(9-12(2)17(11)24)30-20(28-7-6-26-21(28)31)16-14-10-15(18(25)19(16)27-30)29(14)22(32)33-23(3,4)5/h6-9,14-15,18H,10H2,1-5H3,(H,26,31)/t14-,15?,18+/m1/s1. The molecule has 33 heavy (non-hydrogen) atoms. The van der Waals surface area contributed by atoms with E-state index < -0.39 is 35.6 Å². The molecule has 1 aromatic carbocycles. The Hall–Kier alpha value is -3.43. The molecule has 174 valence electrons. The van der Waals surface area contributed by atoms with Crippen molar-refractivity contribution in [2.45, 2.75) is 64.9 Å². The van der Waals surface area contributed by atoms with E-state index in [9.17, 15) is 14.0 Å². The van der Waals surface area contributed by atoms with Crippen molar-refractivity contribution in [1.82, 2.24) is 24.2 Å². The molecule has 1 N–H and O–H groups in total. The number of imidazole rings is 1. The number of carbonyl (C=O) groups excluding carboxylic acids is 1. The average molecular weight is 457 g/mol. The summed E-state index contributed by atoms with van der Waals surface area (Å²) in [6.45, 7) is 8.52. The number of alkyl halides is 1. The number of aromatic nitrogens is 4. The number of nitrogens with one attached hydrogen (secondary N) is 1. The molecular weight excluding hydrogens is 432 g/mol. The summed E-state index contributed by atoms with van der Waals surface area (Å²) in [6.07, 6.45) is 1.24. The van der Waals surface area contributed by atoms with Crippen LogP contribution in [0.1, 0.15) is 61.8 Å². The van der Waals surface area contributed by atoms with Gasteiger partial charge in [0.15, 0.2) is 6.17 Å². The first-order valence-corrected chi connectivity index (χ1v) is 10.8. The monoisotopic (exact) mass is 457 g/mol. The number of aromatic amines is 1. The SMILES string of the molecule is Cc1cc(-n2nc3c(c2-n2cc[nH]c2=O)[C@H]2CC([C@@H]3F)N2C(=O)OC(C)(C)C)cc(C)c1F. The number of ether oxygens (including phenoxy) is 1. The lowest BCUT2D eigenvalue weighted by molar-refractivity contribution is -0.0666. The molecule has 6 rings (SSSR count). The largest absolute Gasteiger partial charge is 0.444 e. The summed E-state index contributed by atoms with van der Waals surface area (Å²) in [7, 11) is 0. The predicted octanol–water partition coefficient (Wildman–Crippen LogP) is 4.18. The summed E-state index contributed by atoms with van der Waals surface area (Å²) < 4.78 is 38.2. The van der Waals surface area contributed by atoms with Gasteiger partial charge >= 0.3 is 11.8 Å². The summed E-state index contributed by atoms with van der Waals surface area (Å²) >= 11 is 0. The Bertz CT molecular complexity index is 1310. The zero-order valence-electron chi connectivity index (χ0n) is 19.0. The van der Waals surface area contributed by atoms with Crippen LogP contribution >= 0.6 is 0 Å². The van der Waals surface area contributed by atoms with E-state index in [0.717, 1.165) is 0 Å². The molecule has 1 unspecified atom stereocenters. The van der Waals surface area contributed by atoms with Crippen LogP contribution in [-0.4, -0.2) is 42.0 Å². The maximum Gasteiger partial charge on any atom is 0.411 e. The first kappa shape index (κ1) is 21.4. The topological polar surface area (TPSA) is 85.2 Å². The van der Waals surface area contributed by atoms with Crippen LogP contribution in [0, 0.1) is 19.7 Å². The highest BCUT2D eigenvalue weighted by atomic mass is 19.1. The summed E-state index contributed by atoms with van der Waals surface area (Å²) in [5, 5.41) is 4.53. The number of amides is 1. The van der Waals surface area contributed by atoms with E-state index in [1.165, 1.54) is 26.5 Å². The molecule has 1 aliphatic carbocycles. The summed E-state index contributed by atoms with van der Waals surface area (Å²) in [5.74, 6) is -0.0150. The minimum absolute atomic E-state index is 0.179. The van der Waals surface area contributed by atoms with Crippen molar-refractivity contribution >= 4 is 6.09 Å². The van der Waals surface area contributed by atoms with Crippen molar-refractivity contribution in [2.75, 3.05) is 0 Å². The number of carbonyl (C=O) groups is 1. The Morgan fingerprint density at radius 1 is 1.24 bits per heavy atom. The first-order valence-electron chi connectivity index (χ1n) is 10.8. The highest BCUT2D eigenvalue weighted by Crippen LogP contribution is 2.55. The molecule has 3 atom stereocenters. The van der Waals surface area contributed by atoms with Gasteiger partial charge in [0.05, 0.1) is 17.8 Å². The molecule has 8 nitrogen and oxygen atoms in total. The molecule has 0 radical (unpaired) electrons. The van der Waals surface area contributed by atoms with Crippen LogP contribution in [0.25, 0.3) is 11.5 Å². The third-order valence-electron chi connectivity index (χ3n) is 6.16. The molecule has 3 aromatic rings. The first-order chi connectivity index (χ1) is 15.5. The number of aryl methyl sites for hydroxylation is 2. The Labute approximate surface area is 188 Å². The Kier molecular flexibility index (Phi) is 4.56. The van der Waals surface area contributed by atoms with Crippen molar-refractivity contribution < 1.29 is 18.3 Å². The molecule has 2 aromatic heterocycles. The second kappa shape index (κ2) is 7.03. The van der Waals surface area contributed by atoms with Gasteiger partial charge in [-0.1, -0.05) is 0 Å². The van der Waals surface area contributed by atoms with Gasteiger partial charge in [0.2, 0.25) is 0 Å². The molecule has 0 saturated carbocycles. The van der Waals surface area contributed by atoms with Crippen molar-refractivity contribution in [3.05, 3.63) is 63.2 Å². The fourth-order valence-corrected chi connectivity index (χ4v) is 4.73. The minimum atomic E-state index is -1.55. The van der Waals surface area contributed by atoms with E-state index in [1.54, 1.807) is 46.8 Å². The molecule has 2 bridgehead atoms. The maximum atomic E-state index is 15.6. The zero-order chi connectivity index (χ0) is 23.8. The van der Waals surface area contributed by atoms with Crippen LogP contribution in [0.5, 0.6) is 0 Å². The summed E-state index contributed by atoms with van der Waals surface area (Å²) in [4.78, 5) is 29.4. The fourth-order valence-electron chi connectivity index (χ4n) is 4.73. The molecule has 3 aliphatic rings. The molecular formula is C23H25F2N5O3. The fraction of sp³-hybridized carbons (Fsp3) is 0.435. The van der Waals surface area contributed by atoms with Gasteiger partial charge in [-0.2, -0.15) is 5.10 Å². The number of rotatable bonds is 2. The van der Waals surface area contributed by atoms with Gasteiger partial charge in [-0.25, -0.2) is 23.1 Å². The van der Waals surface area contributed by atoms with Gasteiger partial charge in [-0.3, -0.25) is 9.47 Å². The van der Waals surface area contributed by atoms with E-state index >= 15 is 4.39 Å². The second-order valence-electron chi connectivity index (χ2n) is 9.67. The quantitative estimate of drug-likeness (QED) is 0.626. The third kappa shape index (κ3) is 3.19. The summed E-state index contributed by atoms with van der Waals surface area (Å²) in [5.41, 5.74) is 0.775. The van der Waals surface area contributed by atoms with E-state index in [-0.39, 0.29) is 11.5 Å². The van der Waals surface area contributed by atoms with Gasteiger partial charge in [0, 0.05) is 18.0 Å². The molecule has 2 aliphatic heterocycles.